The summed E-state index contributed by atoms with van der Waals surface area (Å²) in [7, 11) is 0. The molecule has 4 rings (SSSR count). The van der Waals surface area contributed by atoms with E-state index < -0.39 is 0 Å². The van der Waals surface area contributed by atoms with E-state index in [9.17, 15) is 9.59 Å². The summed E-state index contributed by atoms with van der Waals surface area (Å²) in [5.74, 6) is 0.0427. The first kappa shape index (κ1) is 19.1. The Bertz CT molecular complexity index is 846. The standard InChI is InChI=1S/C21H25N3O3S/c1-15-18(28-19(22-15)16-6-3-2-4-7-16)21(26)24-9-5-8-17(14-24)20(25)23-10-12-27-13-11-23/h2-4,6-7,17H,5,8-14H2,1H3/t17-/m0/s1. The van der Waals surface area contributed by atoms with Crippen molar-refractivity contribution in [1.82, 2.24) is 14.8 Å². The summed E-state index contributed by atoms with van der Waals surface area (Å²) >= 11 is 1.44. The predicted octanol–water partition coefficient (Wildman–Crippen LogP) is 2.83. The second kappa shape index (κ2) is 8.41. The van der Waals surface area contributed by atoms with Gasteiger partial charge in [0.2, 0.25) is 5.91 Å². The number of ether oxygens (including phenoxy) is 1. The molecule has 0 spiro atoms. The summed E-state index contributed by atoms with van der Waals surface area (Å²) < 4.78 is 5.34. The molecule has 7 heteroatoms. The number of morpholine rings is 1. The molecule has 2 aromatic rings. The molecule has 0 N–H and O–H groups in total. The molecule has 2 amide bonds. The van der Waals surface area contributed by atoms with Gasteiger partial charge in [-0.2, -0.15) is 0 Å². The van der Waals surface area contributed by atoms with E-state index in [4.69, 9.17) is 4.74 Å². The Morgan fingerprint density at radius 1 is 1.11 bits per heavy atom. The van der Waals surface area contributed by atoms with Crippen molar-refractivity contribution in [2.75, 3.05) is 39.4 Å². The molecule has 2 saturated heterocycles. The lowest BCUT2D eigenvalue weighted by Gasteiger charge is -2.36. The zero-order chi connectivity index (χ0) is 19.5. The third kappa shape index (κ3) is 3.95. The van der Waals surface area contributed by atoms with E-state index >= 15 is 0 Å². The molecule has 0 saturated carbocycles. The van der Waals surface area contributed by atoms with Crippen LogP contribution in [0.25, 0.3) is 10.6 Å². The van der Waals surface area contributed by atoms with Gasteiger partial charge in [0.05, 0.1) is 24.8 Å². The van der Waals surface area contributed by atoms with Gasteiger partial charge in [0, 0.05) is 31.7 Å². The van der Waals surface area contributed by atoms with Gasteiger partial charge in [-0.15, -0.1) is 11.3 Å². The van der Waals surface area contributed by atoms with E-state index in [0.717, 1.165) is 29.1 Å². The number of piperidine rings is 1. The SMILES string of the molecule is Cc1nc(-c2ccccc2)sc1C(=O)N1CCC[C@H](C(=O)N2CCOCC2)C1. The van der Waals surface area contributed by atoms with Crippen LogP contribution in [0.4, 0.5) is 0 Å². The third-order valence-electron chi connectivity index (χ3n) is 5.39. The van der Waals surface area contributed by atoms with E-state index in [1.807, 2.05) is 47.1 Å². The van der Waals surface area contributed by atoms with Crippen LogP contribution in [0.5, 0.6) is 0 Å². The number of nitrogens with zero attached hydrogens (tertiary/aromatic N) is 3. The summed E-state index contributed by atoms with van der Waals surface area (Å²) in [5, 5.41) is 0.861. The van der Waals surface area contributed by atoms with Crippen molar-refractivity contribution < 1.29 is 14.3 Å². The molecule has 0 aliphatic carbocycles. The van der Waals surface area contributed by atoms with Crippen molar-refractivity contribution in [3.63, 3.8) is 0 Å². The van der Waals surface area contributed by atoms with Gasteiger partial charge in [-0.05, 0) is 19.8 Å². The number of amides is 2. The fourth-order valence-corrected chi connectivity index (χ4v) is 4.89. The number of benzene rings is 1. The molecule has 0 radical (unpaired) electrons. The van der Waals surface area contributed by atoms with Crippen LogP contribution in [-0.4, -0.2) is 66.0 Å². The molecule has 1 atom stereocenters. The molecule has 6 nitrogen and oxygen atoms in total. The van der Waals surface area contributed by atoms with Crippen LogP contribution in [-0.2, 0) is 9.53 Å². The molecular formula is C21H25N3O3S. The summed E-state index contributed by atoms with van der Waals surface area (Å²) in [6.45, 7) is 5.58. The van der Waals surface area contributed by atoms with Crippen molar-refractivity contribution in [2.45, 2.75) is 19.8 Å². The zero-order valence-electron chi connectivity index (χ0n) is 16.1. The van der Waals surface area contributed by atoms with Gasteiger partial charge < -0.3 is 14.5 Å². The summed E-state index contributed by atoms with van der Waals surface area (Å²) in [4.78, 5) is 35.0. The van der Waals surface area contributed by atoms with Gasteiger partial charge in [-0.1, -0.05) is 30.3 Å². The first-order chi connectivity index (χ1) is 13.6. The first-order valence-electron chi connectivity index (χ1n) is 9.82. The maximum absolute atomic E-state index is 13.2. The van der Waals surface area contributed by atoms with Crippen molar-refractivity contribution >= 4 is 23.2 Å². The van der Waals surface area contributed by atoms with Crippen LogP contribution in [0, 0.1) is 12.8 Å². The van der Waals surface area contributed by atoms with Gasteiger partial charge in [-0.25, -0.2) is 4.98 Å². The minimum Gasteiger partial charge on any atom is -0.378 e. The Kier molecular flexibility index (Phi) is 5.73. The van der Waals surface area contributed by atoms with Crippen molar-refractivity contribution in [2.24, 2.45) is 5.92 Å². The average Bonchev–Trinajstić information content (AvgIpc) is 3.15. The average molecular weight is 400 g/mol. The number of hydrogen-bond donors (Lipinski definition) is 0. The minimum absolute atomic E-state index is 0.00309. The number of rotatable bonds is 3. The van der Waals surface area contributed by atoms with Gasteiger partial charge in [0.15, 0.2) is 0 Å². The number of aryl methyl sites for hydroxylation is 1. The molecule has 1 aromatic heterocycles. The number of thiazole rings is 1. The molecule has 0 bridgehead atoms. The lowest BCUT2D eigenvalue weighted by molar-refractivity contribution is -0.141. The number of carbonyl (C=O) groups is 2. The molecule has 1 aromatic carbocycles. The Morgan fingerprint density at radius 2 is 1.86 bits per heavy atom. The predicted molar refractivity (Wildman–Crippen MR) is 108 cm³/mol. The Labute approximate surface area is 169 Å². The second-order valence-corrected chi connectivity index (χ2v) is 8.33. The zero-order valence-corrected chi connectivity index (χ0v) is 16.9. The Morgan fingerprint density at radius 3 is 2.61 bits per heavy atom. The molecule has 2 aliphatic rings. The number of aromatic nitrogens is 1. The highest BCUT2D eigenvalue weighted by atomic mass is 32.1. The maximum atomic E-state index is 13.2. The maximum Gasteiger partial charge on any atom is 0.265 e. The van der Waals surface area contributed by atoms with Gasteiger partial charge >= 0.3 is 0 Å². The summed E-state index contributed by atoms with van der Waals surface area (Å²) in [5.41, 5.74) is 1.78. The van der Waals surface area contributed by atoms with Gasteiger partial charge in [0.25, 0.3) is 5.91 Å². The minimum atomic E-state index is -0.113. The van der Waals surface area contributed by atoms with Crippen LogP contribution in [0.2, 0.25) is 0 Å². The molecule has 148 valence electrons. The first-order valence-corrected chi connectivity index (χ1v) is 10.6. The highest BCUT2D eigenvalue weighted by molar-refractivity contribution is 7.17. The fraction of sp³-hybridized carbons (Fsp3) is 0.476. The second-order valence-electron chi connectivity index (χ2n) is 7.33. The summed E-state index contributed by atoms with van der Waals surface area (Å²) in [6.07, 6.45) is 1.70. The number of carbonyl (C=O) groups excluding carboxylic acids is 2. The Balaban J connectivity index is 1.47. The van der Waals surface area contributed by atoms with E-state index in [2.05, 4.69) is 4.98 Å². The lowest BCUT2D eigenvalue weighted by Crippen LogP contribution is -2.49. The highest BCUT2D eigenvalue weighted by Crippen LogP contribution is 2.30. The lowest BCUT2D eigenvalue weighted by atomic mass is 9.96. The van der Waals surface area contributed by atoms with E-state index in [0.29, 0.717) is 44.3 Å². The fourth-order valence-electron chi connectivity index (χ4n) is 3.85. The summed E-state index contributed by atoms with van der Waals surface area (Å²) in [6, 6.07) is 9.92. The number of likely N-dealkylation sites (tertiary alicyclic amines) is 1. The molecule has 28 heavy (non-hydrogen) atoms. The van der Waals surface area contributed by atoms with E-state index in [1.54, 1.807) is 0 Å². The van der Waals surface area contributed by atoms with E-state index in [-0.39, 0.29) is 17.7 Å². The smallest absolute Gasteiger partial charge is 0.265 e. The molecule has 2 fully saturated rings. The Hall–Kier alpha value is -2.25. The normalized spacial score (nSPS) is 20.2. The molecule has 2 aliphatic heterocycles. The van der Waals surface area contributed by atoms with Crippen LogP contribution < -0.4 is 0 Å². The molecule has 0 unspecified atom stereocenters. The largest absolute Gasteiger partial charge is 0.378 e. The quantitative estimate of drug-likeness (QED) is 0.796. The molecular weight excluding hydrogens is 374 g/mol. The van der Waals surface area contributed by atoms with E-state index in [1.165, 1.54) is 11.3 Å². The molecule has 3 heterocycles. The monoisotopic (exact) mass is 399 g/mol. The van der Waals surface area contributed by atoms with Crippen LogP contribution in [0.1, 0.15) is 28.2 Å². The van der Waals surface area contributed by atoms with Crippen LogP contribution in [0.15, 0.2) is 30.3 Å². The van der Waals surface area contributed by atoms with Crippen molar-refractivity contribution in [1.29, 1.82) is 0 Å². The topological polar surface area (TPSA) is 62.7 Å². The van der Waals surface area contributed by atoms with Crippen LogP contribution >= 0.6 is 11.3 Å². The van der Waals surface area contributed by atoms with Crippen LogP contribution in [0.3, 0.4) is 0 Å². The van der Waals surface area contributed by atoms with Crippen molar-refractivity contribution in [3.8, 4) is 10.6 Å². The number of hydrogen-bond acceptors (Lipinski definition) is 5. The highest BCUT2D eigenvalue weighted by Gasteiger charge is 2.33. The van der Waals surface area contributed by atoms with Gasteiger partial charge in [-0.3, -0.25) is 9.59 Å². The van der Waals surface area contributed by atoms with Crippen molar-refractivity contribution in [3.05, 3.63) is 40.9 Å². The van der Waals surface area contributed by atoms with Gasteiger partial charge in [0.1, 0.15) is 9.88 Å². The third-order valence-corrected chi connectivity index (χ3v) is 6.59.